The van der Waals surface area contributed by atoms with Gasteiger partial charge in [0.05, 0.1) is 11.4 Å². The number of aromatic nitrogens is 2. The number of benzene rings is 1. The van der Waals surface area contributed by atoms with E-state index in [1.807, 2.05) is 25.1 Å². The van der Waals surface area contributed by atoms with Crippen molar-refractivity contribution in [2.45, 2.75) is 57.1 Å². The number of amides is 1. The summed E-state index contributed by atoms with van der Waals surface area (Å²) < 4.78 is 0. The molecule has 5 heteroatoms. The first-order chi connectivity index (χ1) is 12.1. The quantitative estimate of drug-likeness (QED) is 0.766. The van der Waals surface area contributed by atoms with Crippen molar-refractivity contribution in [2.24, 2.45) is 5.92 Å². The standard InChI is InChI=1S/C20H27N3OS/c1-14-8-6-7-11-17(14)22-19(24)13-25-20-21-15(2)18(23-20)12-16-9-4-3-5-10-16/h3-5,9-10,14,17H,6-8,11-13H2,1-2H3,(H,21,23)(H,22,24)/t14-,17+/m1/s1. The van der Waals surface area contributed by atoms with E-state index in [1.54, 1.807) is 0 Å². The fourth-order valence-electron chi connectivity index (χ4n) is 3.41. The monoisotopic (exact) mass is 357 g/mol. The Morgan fingerprint density at radius 1 is 1.28 bits per heavy atom. The molecule has 3 rings (SSSR count). The third-order valence-corrected chi connectivity index (χ3v) is 5.85. The highest BCUT2D eigenvalue weighted by Crippen LogP contribution is 2.24. The van der Waals surface area contributed by atoms with Crippen molar-refractivity contribution in [3.63, 3.8) is 0 Å². The number of aryl methyl sites for hydroxylation is 1. The van der Waals surface area contributed by atoms with Crippen molar-refractivity contribution in [3.8, 4) is 0 Å². The lowest BCUT2D eigenvalue weighted by atomic mass is 9.86. The molecule has 134 valence electrons. The molecule has 1 aliphatic rings. The van der Waals surface area contributed by atoms with E-state index in [4.69, 9.17) is 0 Å². The SMILES string of the molecule is Cc1[nH]c(SCC(=O)N[C@H]2CCCC[C@H]2C)nc1Cc1ccccc1. The van der Waals surface area contributed by atoms with Crippen LogP contribution in [0.3, 0.4) is 0 Å². The minimum absolute atomic E-state index is 0.113. The first-order valence-electron chi connectivity index (χ1n) is 9.13. The number of hydrogen-bond acceptors (Lipinski definition) is 3. The predicted molar refractivity (Wildman–Crippen MR) is 103 cm³/mol. The lowest BCUT2D eigenvalue weighted by Gasteiger charge is -2.29. The molecule has 2 aromatic rings. The summed E-state index contributed by atoms with van der Waals surface area (Å²) in [5.74, 6) is 1.12. The van der Waals surface area contributed by atoms with E-state index in [9.17, 15) is 4.79 Å². The second-order valence-electron chi connectivity index (χ2n) is 7.00. The Morgan fingerprint density at radius 2 is 2.04 bits per heavy atom. The largest absolute Gasteiger partial charge is 0.352 e. The van der Waals surface area contributed by atoms with E-state index in [-0.39, 0.29) is 5.91 Å². The minimum atomic E-state index is 0.113. The predicted octanol–water partition coefficient (Wildman–Crippen LogP) is 4.10. The van der Waals surface area contributed by atoms with E-state index < -0.39 is 0 Å². The van der Waals surface area contributed by atoms with Gasteiger partial charge >= 0.3 is 0 Å². The molecule has 1 heterocycles. The first kappa shape index (κ1) is 18.1. The average Bonchev–Trinajstić information content (AvgIpc) is 2.96. The maximum Gasteiger partial charge on any atom is 0.230 e. The minimum Gasteiger partial charge on any atom is -0.352 e. The zero-order chi connectivity index (χ0) is 17.6. The number of hydrogen-bond donors (Lipinski definition) is 2. The Morgan fingerprint density at radius 3 is 2.80 bits per heavy atom. The highest BCUT2D eigenvalue weighted by atomic mass is 32.2. The number of nitrogens with zero attached hydrogens (tertiary/aromatic N) is 1. The molecule has 4 nitrogen and oxygen atoms in total. The second-order valence-corrected chi connectivity index (χ2v) is 7.96. The van der Waals surface area contributed by atoms with E-state index >= 15 is 0 Å². The molecular formula is C20H27N3OS. The van der Waals surface area contributed by atoms with E-state index in [0.717, 1.165) is 29.4 Å². The molecule has 2 N–H and O–H groups in total. The summed E-state index contributed by atoms with van der Waals surface area (Å²) in [6, 6.07) is 10.7. The lowest BCUT2D eigenvalue weighted by molar-refractivity contribution is -0.119. The van der Waals surface area contributed by atoms with Gasteiger partial charge in [0, 0.05) is 18.2 Å². The number of rotatable bonds is 6. The van der Waals surface area contributed by atoms with Gasteiger partial charge in [-0.15, -0.1) is 0 Å². The van der Waals surface area contributed by atoms with Crippen molar-refractivity contribution in [1.82, 2.24) is 15.3 Å². The van der Waals surface area contributed by atoms with E-state index in [2.05, 4.69) is 34.3 Å². The number of carbonyl (C=O) groups is 1. The van der Waals surface area contributed by atoms with Crippen LogP contribution in [0.2, 0.25) is 0 Å². The molecule has 0 radical (unpaired) electrons. The molecular weight excluding hydrogens is 330 g/mol. The Kier molecular flexibility index (Phi) is 6.19. The van der Waals surface area contributed by atoms with Crippen LogP contribution in [0.15, 0.2) is 35.5 Å². The van der Waals surface area contributed by atoms with Crippen LogP contribution in [0.5, 0.6) is 0 Å². The van der Waals surface area contributed by atoms with Gasteiger partial charge < -0.3 is 10.3 Å². The van der Waals surface area contributed by atoms with Gasteiger partial charge in [-0.05, 0) is 31.2 Å². The molecule has 1 amide bonds. The summed E-state index contributed by atoms with van der Waals surface area (Å²) in [6.07, 6.45) is 5.66. The summed E-state index contributed by atoms with van der Waals surface area (Å²) >= 11 is 1.49. The second kappa shape index (κ2) is 8.56. The van der Waals surface area contributed by atoms with Crippen LogP contribution in [0.4, 0.5) is 0 Å². The summed E-state index contributed by atoms with van der Waals surface area (Å²) in [6.45, 7) is 4.28. The molecule has 0 spiro atoms. The number of imidazole rings is 1. The topological polar surface area (TPSA) is 57.8 Å². The molecule has 0 unspecified atom stereocenters. The van der Waals surface area contributed by atoms with Crippen molar-refractivity contribution in [1.29, 1.82) is 0 Å². The molecule has 0 saturated heterocycles. The van der Waals surface area contributed by atoms with Crippen LogP contribution in [-0.2, 0) is 11.2 Å². The molecule has 1 aromatic heterocycles. The fraction of sp³-hybridized carbons (Fsp3) is 0.500. The molecule has 25 heavy (non-hydrogen) atoms. The Bertz CT molecular complexity index is 698. The van der Waals surface area contributed by atoms with Crippen LogP contribution in [0, 0.1) is 12.8 Å². The fourth-order valence-corrected chi connectivity index (χ4v) is 4.16. The van der Waals surface area contributed by atoms with Crippen molar-refractivity contribution in [2.75, 3.05) is 5.75 Å². The highest BCUT2D eigenvalue weighted by Gasteiger charge is 2.22. The Balaban J connectivity index is 1.51. The lowest BCUT2D eigenvalue weighted by Crippen LogP contribution is -2.41. The third kappa shape index (κ3) is 5.11. The van der Waals surface area contributed by atoms with Gasteiger partial charge in [0.2, 0.25) is 5.91 Å². The zero-order valence-electron chi connectivity index (χ0n) is 15.0. The summed E-state index contributed by atoms with van der Waals surface area (Å²) in [5.41, 5.74) is 3.38. The van der Waals surface area contributed by atoms with E-state index in [1.165, 1.54) is 36.6 Å². The van der Waals surface area contributed by atoms with Crippen molar-refractivity contribution < 1.29 is 4.79 Å². The van der Waals surface area contributed by atoms with E-state index in [0.29, 0.717) is 17.7 Å². The summed E-state index contributed by atoms with van der Waals surface area (Å²) in [7, 11) is 0. The third-order valence-electron chi connectivity index (χ3n) is 4.98. The Labute approximate surface area is 154 Å². The van der Waals surface area contributed by atoms with Gasteiger partial charge in [0.25, 0.3) is 0 Å². The Hall–Kier alpha value is -1.75. The smallest absolute Gasteiger partial charge is 0.230 e. The molecule has 1 aromatic carbocycles. The molecule has 0 bridgehead atoms. The number of H-pyrrole nitrogens is 1. The number of nitrogens with one attached hydrogen (secondary N) is 2. The maximum absolute atomic E-state index is 12.2. The van der Waals surface area contributed by atoms with Gasteiger partial charge in [-0.1, -0.05) is 61.9 Å². The van der Waals surface area contributed by atoms with Crippen LogP contribution >= 0.6 is 11.8 Å². The molecule has 1 aliphatic carbocycles. The van der Waals surface area contributed by atoms with Crippen molar-refractivity contribution in [3.05, 3.63) is 47.3 Å². The summed E-state index contributed by atoms with van der Waals surface area (Å²) in [5, 5.41) is 4.03. The summed E-state index contributed by atoms with van der Waals surface area (Å²) in [4.78, 5) is 20.2. The first-order valence-corrected chi connectivity index (χ1v) is 10.1. The number of thioether (sulfide) groups is 1. The number of aromatic amines is 1. The van der Waals surface area contributed by atoms with Gasteiger partial charge in [0.15, 0.2) is 5.16 Å². The molecule has 1 fully saturated rings. The number of carbonyl (C=O) groups excluding carboxylic acids is 1. The normalized spacial score (nSPS) is 20.4. The average molecular weight is 358 g/mol. The van der Waals surface area contributed by atoms with Crippen LogP contribution < -0.4 is 5.32 Å². The van der Waals surface area contributed by atoms with Crippen molar-refractivity contribution >= 4 is 17.7 Å². The van der Waals surface area contributed by atoms with Crippen LogP contribution in [0.25, 0.3) is 0 Å². The molecule has 2 atom stereocenters. The highest BCUT2D eigenvalue weighted by molar-refractivity contribution is 7.99. The van der Waals surface area contributed by atoms with Gasteiger partial charge in [-0.25, -0.2) is 4.98 Å². The van der Waals surface area contributed by atoms with Crippen LogP contribution in [-0.4, -0.2) is 27.7 Å². The maximum atomic E-state index is 12.2. The molecule has 1 saturated carbocycles. The van der Waals surface area contributed by atoms with Gasteiger partial charge in [-0.3, -0.25) is 4.79 Å². The molecule has 0 aliphatic heterocycles. The zero-order valence-corrected chi connectivity index (χ0v) is 15.9. The van der Waals surface area contributed by atoms with Gasteiger partial charge in [-0.2, -0.15) is 0 Å². The van der Waals surface area contributed by atoms with Gasteiger partial charge in [0.1, 0.15) is 0 Å². The van der Waals surface area contributed by atoms with Crippen LogP contribution in [0.1, 0.15) is 49.6 Å².